The Morgan fingerprint density at radius 2 is 2.00 bits per heavy atom. The summed E-state index contributed by atoms with van der Waals surface area (Å²) >= 11 is 1.53. The quantitative estimate of drug-likeness (QED) is 0.352. The van der Waals surface area contributed by atoms with Crippen molar-refractivity contribution in [2.75, 3.05) is 5.32 Å². The van der Waals surface area contributed by atoms with E-state index in [0.717, 1.165) is 26.4 Å². The van der Waals surface area contributed by atoms with Crippen LogP contribution in [-0.2, 0) is 4.79 Å². The van der Waals surface area contributed by atoms with Crippen LogP contribution < -0.4 is 5.32 Å². The number of benzene rings is 2. The molecule has 2 aromatic heterocycles. The van der Waals surface area contributed by atoms with Crippen LogP contribution in [0.4, 0.5) is 5.69 Å². The predicted molar refractivity (Wildman–Crippen MR) is 115 cm³/mol. The van der Waals surface area contributed by atoms with Crippen LogP contribution in [0.25, 0.3) is 27.1 Å². The van der Waals surface area contributed by atoms with Gasteiger partial charge in [-0.05, 0) is 49.7 Å². The molecule has 142 valence electrons. The molecule has 0 fully saturated rings. The van der Waals surface area contributed by atoms with Crippen molar-refractivity contribution >= 4 is 39.2 Å². The largest absolute Gasteiger partial charge is 0.454 e. The first kappa shape index (κ1) is 18.7. The Balaban J connectivity index is 1.57. The van der Waals surface area contributed by atoms with Gasteiger partial charge in [-0.15, -0.1) is 11.3 Å². The number of fused-ring (bicyclic) bond motifs is 1. The van der Waals surface area contributed by atoms with Crippen molar-refractivity contribution in [3.63, 3.8) is 0 Å². The maximum atomic E-state index is 12.5. The minimum Gasteiger partial charge on any atom is -0.454 e. The molecule has 4 aromatic rings. The SMILES string of the molecule is Cc1ccc(NC(=O)/C(C#N)=C/c2ccc(-c3nc4ccccc4s3)o2)c(C)c1. The summed E-state index contributed by atoms with van der Waals surface area (Å²) in [5, 5.41) is 13.0. The number of aromatic nitrogens is 1. The highest BCUT2D eigenvalue weighted by atomic mass is 32.1. The van der Waals surface area contributed by atoms with Crippen LogP contribution in [0.15, 0.2) is 64.6 Å². The molecule has 29 heavy (non-hydrogen) atoms. The van der Waals surface area contributed by atoms with Gasteiger partial charge in [0.05, 0.1) is 10.2 Å². The smallest absolute Gasteiger partial charge is 0.266 e. The van der Waals surface area contributed by atoms with Crippen molar-refractivity contribution < 1.29 is 9.21 Å². The fraction of sp³-hybridized carbons (Fsp3) is 0.0870. The minimum atomic E-state index is -0.475. The molecule has 0 saturated carbocycles. The number of furan rings is 1. The van der Waals surface area contributed by atoms with Gasteiger partial charge in [-0.2, -0.15) is 5.26 Å². The Labute approximate surface area is 171 Å². The second-order valence-corrected chi connectivity index (χ2v) is 7.66. The van der Waals surface area contributed by atoms with Crippen LogP contribution in [0.1, 0.15) is 16.9 Å². The molecule has 6 heteroatoms. The van der Waals surface area contributed by atoms with E-state index in [2.05, 4.69) is 10.3 Å². The van der Waals surface area contributed by atoms with E-state index < -0.39 is 5.91 Å². The average molecular weight is 399 g/mol. The molecule has 1 N–H and O–H groups in total. The van der Waals surface area contributed by atoms with E-state index in [1.807, 2.05) is 62.4 Å². The normalized spacial score (nSPS) is 11.4. The van der Waals surface area contributed by atoms with Gasteiger partial charge in [0.15, 0.2) is 10.8 Å². The maximum absolute atomic E-state index is 12.5. The molecule has 0 unspecified atom stereocenters. The number of nitrogens with zero attached hydrogens (tertiary/aromatic N) is 2. The molecule has 0 aliphatic rings. The standard InChI is InChI=1S/C23H17N3O2S/c1-14-7-9-18(15(2)11-14)25-22(27)16(13-24)12-17-8-10-20(28-17)23-26-19-5-3-4-6-21(19)29-23/h3-12H,1-2H3,(H,25,27)/b16-12+. The van der Waals surface area contributed by atoms with Crippen molar-refractivity contribution in [3.8, 4) is 16.8 Å². The number of para-hydroxylation sites is 1. The molecule has 0 aliphatic heterocycles. The Hall–Kier alpha value is -3.69. The Morgan fingerprint density at radius 3 is 2.76 bits per heavy atom. The molecule has 0 radical (unpaired) electrons. The number of hydrogen-bond acceptors (Lipinski definition) is 5. The fourth-order valence-electron chi connectivity index (χ4n) is 2.96. The first-order valence-electron chi connectivity index (χ1n) is 8.99. The van der Waals surface area contributed by atoms with E-state index in [-0.39, 0.29) is 5.57 Å². The number of anilines is 1. The molecule has 2 heterocycles. The molecular weight excluding hydrogens is 382 g/mol. The van der Waals surface area contributed by atoms with Crippen LogP contribution in [-0.4, -0.2) is 10.9 Å². The molecule has 1 amide bonds. The van der Waals surface area contributed by atoms with Gasteiger partial charge in [-0.1, -0.05) is 29.8 Å². The number of aryl methyl sites for hydroxylation is 2. The number of carbonyl (C=O) groups excluding carboxylic acids is 1. The second-order valence-electron chi connectivity index (χ2n) is 6.63. The molecule has 0 saturated heterocycles. The highest BCUT2D eigenvalue weighted by Crippen LogP contribution is 2.31. The number of thiazole rings is 1. The second kappa shape index (κ2) is 7.74. The summed E-state index contributed by atoms with van der Waals surface area (Å²) in [5.41, 5.74) is 3.60. The molecule has 0 spiro atoms. The van der Waals surface area contributed by atoms with Gasteiger partial charge >= 0.3 is 0 Å². The van der Waals surface area contributed by atoms with Gasteiger partial charge < -0.3 is 9.73 Å². The van der Waals surface area contributed by atoms with Crippen molar-refractivity contribution in [2.45, 2.75) is 13.8 Å². The van der Waals surface area contributed by atoms with Crippen molar-refractivity contribution in [2.24, 2.45) is 0 Å². The summed E-state index contributed by atoms with van der Waals surface area (Å²) in [5.74, 6) is 0.550. The lowest BCUT2D eigenvalue weighted by molar-refractivity contribution is -0.112. The summed E-state index contributed by atoms with van der Waals surface area (Å²) in [7, 11) is 0. The van der Waals surface area contributed by atoms with Gasteiger partial charge in [-0.3, -0.25) is 4.79 Å². The van der Waals surface area contributed by atoms with Crippen LogP contribution >= 0.6 is 11.3 Å². The molecule has 2 aromatic carbocycles. The molecule has 0 bridgehead atoms. The van der Waals surface area contributed by atoms with E-state index in [0.29, 0.717) is 17.2 Å². The van der Waals surface area contributed by atoms with Crippen molar-refractivity contribution in [3.05, 3.63) is 77.1 Å². The zero-order valence-corrected chi connectivity index (χ0v) is 16.7. The number of nitrogens with one attached hydrogen (secondary N) is 1. The fourth-order valence-corrected chi connectivity index (χ4v) is 3.88. The molecular formula is C23H17N3O2S. The van der Waals surface area contributed by atoms with Gasteiger partial charge in [0.25, 0.3) is 5.91 Å². The number of carbonyl (C=O) groups is 1. The third kappa shape index (κ3) is 3.96. The van der Waals surface area contributed by atoms with E-state index in [1.165, 1.54) is 17.4 Å². The first-order chi connectivity index (χ1) is 14.0. The highest BCUT2D eigenvalue weighted by molar-refractivity contribution is 7.21. The van der Waals surface area contributed by atoms with Gasteiger partial charge in [0, 0.05) is 11.8 Å². The van der Waals surface area contributed by atoms with Crippen molar-refractivity contribution in [1.82, 2.24) is 4.98 Å². The van der Waals surface area contributed by atoms with Gasteiger partial charge in [0.2, 0.25) is 0 Å². The monoisotopic (exact) mass is 399 g/mol. The maximum Gasteiger partial charge on any atom is 0.266 e. The lowest BCUT2D eigenvalue weighted by Crippen LogP contribution is -2.14. The zero-order chi connectivity index (χ0) is 20.4. The van der Waals surface area contributed by atoms with E-state index in [9.17, 15) is 10.1 Å². The molecule has 0 aliphatic carbocycles. The number of amides is 1. The topological polar surface area (TPSA) is 78.9 Å². The predicted octanol–water partition coefficient (Wildman–Crippen LogP) is 5.72. The minimum absolute atomic E-state index is 0.0322. The summed E-state index contributed by atoms with van der Waals surface area (Å²) in [6.07, 6.45) is 1.44. The Kier molecular flexibility index (Phi) is 4.98. The van der Waals surface area contributed by atoms with E-state index in [4.69, 9.17) is 4.42 Å². The van der Waals surface area contributed by atoms with Crippen LogP contribution in [0, 0.1) is 25.2 Å². The van der Waals surface area contributed by atoms with Crippen LogP contribution in [0.2, 0.25) is 0 Å². The van der Waals surface area contributed by atoms with Crippen LogP contribution in [0.5, 0.6) is 0 Å². The van der Waals surface area contributed by atoms with Gasteiger partial charge in [-0.25, -0.2) is 4.98 Å². The third-order valence-corrected chi connectivity index (χ3v) is 5.46. The third-order valence-electron chi connectivity index (χ3n) is 4.41. The Bertz CT molecular complexity index is 1260. The van der Waals surface area contributed by atoms with E-state index in [1.54, 1.807) is 12.1 Å². The lowest BCUT2D eigenvalue weighted by atomic mass is 10.1. The molecule has 0 atom stereocenters. The number of nitriles is 1. The summed E-state index contributed by atoms with van der Waals surface area (Å²) < 4.78 is 6.88. The number of rotatable bonds is 4. The molecule has 4 rings (SSSR count). The van der Waals surface area contributed by atoms with Crippen LogP contribution in [0.3, 0.4) is 0 Å². The highest BCUT2D eigenvalue weighted by Gasteiger charge is 2.14. The number of hydrogen-bond donors (Lipinski definition) is 1. The lowest BCUT2D eigenvalue weighted by Gasteiger charge is -2.08. The van der Waals surface area contributed by atoms with Gasteiger partial charge in [0.1, 0.15) is 17.4 Å². The Morgan fingerprint density at radius 1 is 1.17 bits per heavy atom. The summed E-state index contributed by atoms with van der Waals surface area (Å²) in [4.78, 5) is 17.1. The summed E-state index contributed by atoms with van der Waals surface area (Å²) in [6.45, 7) is 3.90. The average Bonchev–Trinajstić information content (AvgIpc) is 3.34. The molecule has 5 nitrogen and oxygen atoms in total. The van der Waals surface area contributed by atoms with Crippen molar-refractivity contribution in [1.29, 1.82) is 5.26 Å². The van der Waals surface area contributed by atoms with E-state index >= 15 is 0 Å². The zero-order valence-electron chi connectivity index (χ0n) is 15.9. The summed E-state index contributed by atoms with van der Waals surface area (Å²) in [6, 6.07) is 19.0. The first-order valence-corrected chi connectivity index (χ1v) is 9.81.